The molecule has 0 bridgehead atoms. The van der Waals surface area contributed by atoms with Crippen molar-refractivity contribution in [3.63, 3.8) is 0 Å². The van der Waals surface area contributed by atoms with Gasteiger partial charge in [-0.1, -0.05) is 37.3 Å². The molecule has 3 rings (SSSR count). The molecule has 1 aromatic heterocycles. The summed E-state index contributed by atoms with van der Waals surface area (Å²) >= 11 is 1.42. The molecule has 140 valence electrons. The number of carbonyl (C=O) groups is 1. The quantitative estimate of drug-likeness (QED) is 0.650. The van der Waals surface area contributed by atoms with E-state index in [0.29, 0.717) is 16.6 Å². The average molecular weight is 382 g/mol. The molecule has 0 radical (unpaired) electrons. The van der Waals surface area contributed by atoms with E-state index in [0.717, 1.165) is 23.2 Å². The highest BCUT2D eigenvalue weighted by Crippen LogP contribution is 2.28. The predicted molar refractivity (Wildman–Crippen MR) is 109 cm³/mol. The Morgan fingerprint density at radius 2 is 1.74 bits per heavy atom. The van der Waals surface area contributed by atoms with E-state index in [4.69, 9.17) is 9.47 Å². The maximum absolute atomic E-state index is 12.3. The monoisotopic (exact) mass is 382 g/mol. The third-order valence-electron chi connectivity index (χ3n) is 4.22. The molecule has 0 aliphatic heterocycles. The van der Waals surface area contributed by atoms with Gasteiger partial charge >= 0.3 is 0 Å². The van der Waals surface area contributed by atoms with E-state index in [1.165, 1.54) is 16.9 Å². The Morgan fingerprint density at radius 3 is 2.41 bits per heavy atom. The molecule has 0 saturated heterocycles. The van der Waals surface area contributed by atoms with Gasteiger partial charge in [-0.2, -0.15) is 0 Å². The summed E-state index contributed by atoms with van der Waals surface area (Å²) < 4.78 is 10.5. The van der Waals surface area contributed by atoms with Crippen LogP contribution in [-0.2, 0) is 17.6 Å². The molecular formula is C21H22N2O3S. The number of thiazole rings is 1. The van der Waals surface area contributed by atoms with Crippen molar-refractivity contribution in [3.05, 3.63) is 59.0 Å². The molecule has 0 atom stereocenters. The van der Waals surface area contributed by atoms with Gasteiger partial charge in [0.2, 0.25) is 5.91 Å². The number of nitrogens with one attached hydrogen (secondary N) is 1. The van der Waals surface area contributed by atoms with Gasteiger partial charge in [-0.05, 0) is 29.7 Å². The van der Waals surface area contributed by atoms with Crippen LogP contribution in [0.4, 0.5) is 5.13 Å². The fourth-order valence-electron chi connectivity index (χ4n) is 2.71. The molecule has 0 spiro atoms. The van der Waals surface area contributed by atoms with Crippen LogP contribution in [0, 0.1) is 0 Å². The molecule has 0 fully saturated rings. The first kappa shape index (κ1) is 18.9. The van der Waals surface area contributed by atoms with Gasteiger partial charge in [-0.3, -0.25) is 4.79 Å². The number of benzene rings is 2. The van der Waals surface area contributed by atoms with Crippen molar-refractivity contribution in [1.29, 1.82) is 0 Å². The number of hydrogen-bond acceptors (Lipinski definition) is 5. The molecule has 5 nitrogen and oxygen atoms in total. The van der Waals surface area contributed by atoms with E-state index in [-0.39, 0.29) is 12.3 Å². The molecule has 0 aliphatic carbocycles. The second kappa shape index (κ2) is 8.68. The van der Waals surface area contributed by atoms with Crippen molar-refractivity contribution in [2.75, 3.05) is 19.5 Å². The highest BCUT2D eigenvalue weighted by Gasteiger charge is 2.11. The van der Waals surface area contributed by atoms with Gasteiger partial charge in [0.25, 0.3) is 0 Å². The van der Waals surface area contributed by atoms with Crippen molar-refractivity contribution in [1.82, 2.24) is 4.98 Å². The number of aryl methyl sites for hydroxylation is 1. The molecule has 1 N–H and O–H groups in total. The minimum atomic E-state index is -0.121. The number of carbonyl (C=O) groups excluding carboxylic acids is 1. The van der Waals surface area contributed by atoms with Gasteiger partial charge in [-0.15, -0.1) is 11.3 Å². The molecule has 1 heterocycles. The smallest absolute Gasteiger partial charge is 0.230 e. The van der Waals surface area contributed by atoms with Gasteiger partial charge in [0.1, 0.15) is 0 Å². The highest BCUT2D eigenvalue weighted by atomic mass is 32.1. The van der Waals surface area contributed by atoms with Gasteiger partial charge in [-0.25, -0.2) is 4.98 Å². The van der Waals surface area contributed by atoms with Crippen molar-refractivity contribution < 1.29 is 14.3 Å². The summed E-state index contributed by atoms with van der Waals surface area (Å²) in [6, 6.07) is 13.8. The zero-order chi connectivity index (χ0) is 19.2. The van der Waals surface area contributed by atoms with Gasteiger partial charge in [0.05, 0.1) is 26.3 Å². The SMILES string of the molecule is CCc1ccc(-c2csc(NC(=O)Cc3ccc(OC)c(OC)c3)n2)cc1. The maximum atomic E-state index is 12.3. The van der Waals surface area contributed by atoms with Crippen LogP contribution >= 0.6 is 11.3 Å². The molecule has 1 amide bonds. The topological polar surface area (TPSA) is 60.5 Å². The first-order valence-electron chi connectivity index (χ1n) is 8.68. The molecule has 3 aromatic rings. The van der Waals surface area contributed by atoms with E-state index in [9.17, 15) is 4.79 Å². The second-order valence-electron chi connectivity index (χ2n) is 6.00. The summed E-state index contributed by atoms with van der Waals surface area (Å²) in [5, 5.41) is 5.41. The van der Waals surface area contributed by atoms with Crippen molar-refractivity contribution >= 4 is 22.4 Å². The van der Waals surface area contributed by atoms with E-state index >= 15 is 0 Å². The molecular weight excluding hydrogens is 360 g/mol. The van der Waals surface area contributed by atoms with E-state index in [1.807, 2.05) is 11.4 Å². The van der Waals surface area contributed by atoms with Crippen molar-refractivity contribution in [2.24, 2.45) is 0 Å². The van der Waals surface area contributed by atoms with Gasteiger partial charge < -0.3 is 14.8 Å². The lowest BCUT2D eigenvalue weighted by Gasteiger charge is -2.09. The van der Waals surface area contributed by atoms with E-state index in [1.54, 1.807) is 26.4 Å². The Labute approximate surface area is 163 Å². The summed E-state index contributed by atoms with van der Waals surface area (Å²) in [7, 11) is 3.16. The Kier molecular flexibility index (Phi) is 6.08. The summed E-state index contributed by atoms with van der Waals surface area (Å²) in [6.45, 7) is 2.13. The van der Waals surface area contributed by atoms with Crippen LogP contribution < -0.4 is 14.8 Å². The highest BCUT2D eigenvalue weighted by molar-refractivity contribution is 7.14. The van der Waals surface area contributed by atoms with Gasteiger partial charge in [0, 0.05) is 10.9 Å². The van der Waals surface area contributed by atoms with Crippen LogP contribution in [0.25, 0.3) is 11.3 Å². The molecule has 27 heavy (non-hydrogen) atoms. The minimum Gasteiger partial charge on any atom is -0.493 e. The maximum Gasteiger partial charge on any atom is 0.230 e. The third kappa shape index (κ3) is 4.65. The Bertz CT molecular complexity index is 919. The number of rotatable bonds is 7. The lowest BCUT2D eigenvalue weighted by Crippen LogP contribution is -2.14. The number of amides is 1. The number of anilines is 1. The van der Waals surface area contributed by atoms with Crippen LogP contribution in [-0.4, -0.2) is 25.1 Å². The summed E-state index contributed by atoms with van der Waals surface area (Å²) in [5.41, 5.74) is 4.04. The van der Waals surface area contributed by atoms with E-state index < -0.39 is 0 Å². The van der Waals surface area contributed by atoms with Crippen LogP contribution in [0.15, 0.2) is 47.8 Å². The number of ether oxygens (including phenoxy) is 2. The van der Waals surface area contributed by atoms with Crippen LogP contribution in [0.5, 0.6) is 11.5 Å². The molecule has 0 aliphatic rings. The normalized spacial score (nSPS) is 10.5. The fraction of sp³-hybridized carbons (Fsp3) is 0.238. The van der Waals surface area contributed by atoms with Crippen molar-refractivity contribution in [3.8, 4) is 22.8 Å². The molecule has 0 unspecified atom stereocenters. The predicted octanol–water partition coefficient (Wildman–Crippen LogP) is 4.57. The van der Waals surface area contributed by atoms with Gasteiger partial charge in [0.15, 0.2) is 16.6 Å². The van der Waals surface area contributed by atoms with Crippen LogP contribution in [0.1, 0.15) is 18.1 Å². The second-order valence-corrected chi connectivity index (χ2v) is 6.86. The minimum absolute atomic E-state index is 0.121. The third-order valence-corrected chi connectivity index (χ3v) is 4.98. The average Bonchev–Trinajstić information content (AvgIpc) is 3.16. The zero-order valence-corrected chi connectivity index (χ0v) is 16.4. The number of hydrogen-bond donors (Lipinski definition) is 1. The lowest BCUT2D eigenvalue weighted by atomic mass is 10.1. The first-order chi connectivity index (χ1) is 13.1. The van der Waals surface area contributed by atoms with Crippen LogP contribution in [0.3, 0.4) is 0 Å². The Balaban J connectivity index is 1.65. The zero-order valence-electron chi connectivity index (χ0n) is 15.6. The number of aromatic nitrogens is 1. The standard InChI is InChI=1S/C21H22N2O3S/c1-4-14-5-8-16(9-6-14)17-13-27-21(22-17)23-20(24)12-15-7-10-18(25-2)19(11-15)26-3/h5-11,13H,4,12H2,1-3H3,(H,22,23,24). The van der Waals surface area contributed by atoms with E-state index in [2.05, 4.69) is 41.5 Å². The van der Waals surface area contributed by atoms with Crippen molar-refractivity contribution in [2.45, 2.75) is 19.8 Å². The fourth-order valence-corrected chi connectivity index (χ4v) is 3.45. The number of nitrogens with zero attached hydrogens (tertiary/aromatic N) is 1. The lowest BCUT2D eigenvalue weighted by molar-refractivity contribution is -0.115. The first-order valence-corrected chi connectivity index (χ1v) is 9.56. The summed E-state index contributed by atoms with van der Waals surface area (Å²) in [5.74, 6) is 1.12. The summed E-state index contributed by atoms with van der Waals surface area (Å²) in [4.78, 5) is 16.9. The molecule has 2 aromatic carbocycles. The Hall–Kier alpha value is -2.86. The number of methoxy groups -OCH3 is 2. The molecule has 0 saturated carbocycles. The van der Waals surface area contributed by atoms with Crippen LogP contribution in [0.2, 0.25) is 0 Å². The molecule has 6 heteroatoms. The Morgan fingerprint density at radius 1 is 1.04 bits per heavy atom. The summed E-state index contributed by atoms with van der Waals surface area (Å²) in [6.07, 6.45) is 1.25. The largest absolute Gasteiger partial charge is 0.493 e.